The minimum atomic E-state index is -5.11. The van der Waals surface area contributed by atoms with Gasteiger partial charge < -0.3 is 24.3 Å². The quantitative estimate of drug-likeness (QED) is 0.294. The standard InChI is InChI=1S/C26H24F7N3O4/c1-39-10-8-35(24(38)34-21-12-18(25(28,29)30)11-19(13-21)26(31,32)33)16-23(37)36(15-22-3-2-9-40-22)14-17-4-6-20(27)7-5-17/h2-7,9,11-13H,8,10,14-16H2,1H3,(H,34,38). The largest absolute Gasteiger partial charge is 0.467 e. The van der Waals surface area contributed by atoms with Crippen LogP contribution in [0, 0.1) is 5.82 Å². The summed E-state index contributed by atoms with van der Waals surface area (Å²) >= 11 is 0. The highest BCUT2D eigenvalue weighted by Crippen LogP contribution is 2.37. The van der Waals surface area contributed by atoms with E-state index in [2.05, 4.69) is 0 Å². The van der Waals surface area contributed by atoms with E-state index in [0.29, 0.717) is 23.5 Å². The molecule has 3 amide bonds. The fourth-order valence-electron chi connectivity index (χ4n) is 3.58. The molecule has 0 aliphatic heterocycles. The molecule has 0 saturated heterocycles. The van der Waals surface area contributed by atoms with Crippen LogP contribution in [0.4, 0.5) is 41.2 Å². The third-order valence-electron chi connectivity index (χ3n) is 5.58. The first-order valence-electron chi connectivity index (χ1n) is 11.6. The van der Waals surface area contributed by atoms with Crippen LogP contribution in [0.5, 0.6) is 0 Å². The highest BCUT2D eigenvalue weighted by Gasteiger charge is 2.37. The number of halogens is 7. The second-order valence-electron chi connectivity index (χ2n) is 8.59. The van der Waals surface area contributed by atoms with Crippen molar-refractivity contribution >= 4 is 17.6 Å². The van der Waals surface area contributed by atoms with Crippen molar-refractivity contribution in [2.45, 2.75) is 25.4 Å². The van der Waals surface area contributed by atoms with E-state index in [-0.39, 0.29) is 32.3 Å². The van der Waals surface area contributed by atoms with E-state index in [1.54, 1.807) is 12.1 Å². The van der Waals surface area contributed by atoms with Gasteiger partial charge in [0.2, 0.25) is 5.91 Å². The van der Waals surface area contributed by atoms with Crippen molar-refractivity contribution in [1.29, 1.82) is 0 Å². The van der Waals surface area contributed by atoms with Crippen molar-refractivity contribution in [3.05, 3.63) is 89.1 Å². The normalized spacial score (nSPS) is 11.8. The minimum absolute atomic E-state index is 0.0118. The maximum Gasteiger partial charge on any atom is 0.416 e. The van der Waals surface area contributed by atoms with E-state index in [4.69, 9.17) is 9.15 Å². The van der Waals surface area contributed by atoms with Gasteiger partial charge in [-0.15, -0.1) is 0 Å². The van der Waals surface area contributed by atoms with Crippen molar-refractivity contribution in [3.63, 3.8) is 0 Å². The zero-order valence-electron chi connectivity index (χ0n) is 21.0. The van der Waals surface area contributed by atoms with Crippen LogP contribution in [0.1, 0.15) is 22.5 Å². The summed E-state index contributed by atoms with van der Waals surface area (Å²) in [5.41, 5.74) is -3.43. The molecule has 40 heavy (non-hydrogen) atoms. The summed E-state index contributed by atoms with van der Waals surface area (Å²) in [6, 6.07) is 8.05. The molecule has 3 aromatic rings. The van der Waals surface area contributed by atoms with Crippen molar-refractivity contribution in [2.24, 2.45) is 0 Å². The van der Waals surface area contributed by atoms with Crippen LogP contribution in [0.2, 0.25) is 0 Å². The third-order valence-corrected chi connectivity index (χ3v) is 5.58. The molecule has 216 valence electrons. The van der Waals surface area contributed by atoms with Crippen LogP contribution >= 0.6 is 0 Å². The second kappa shape index (κ2) is 12.9. The number of anilines is 1. The number of hydrogen-bond donors (Lipinski definition) is 1. The average Bonchev–Trinajstić information content (AvgIpc) is 3.39. The molecule has 3 rings (SSSR count). The fourth-order valence-corrected chi connectivity index (χ4v) is 3.58. The molecule has 0 bridgehead atoms. The van der Waals surface area contributed by atoms with E-state index < -0.39 is 53.5 Å². The van der Waals surface area contributed by atoms with Gasteiger partial charge in [-0.3, -0.25) is 4.79 Å². The number of hydrogen-bond acceptors (Lipinski definition) is 4. The van der Waals surface area contributed by atoms with Crippen LogP contribution in [0.25, 0.3) is 0 Å². The van der Waals surface area contributed by atoms with Crippen molar-refractivity contribution in [2.75, 3.05) is 32.1 Å². The Bertz CT molecular complexity index is 1240. The van der Waals surface area contributed by atoms with Gasteiger partial charge in [0.25, 0.3) is 0 Å². The van der Waals surface area contributed by atoms with Crippen LogP contribution in [-0.2, 0) is 35.0 Å². The Balaban J connectivity index is 1.84. The predicted octanol–water partition coefficient (Wildman–Crippen LogP) is 6.17. The Morgan fingerprint density at radius 1 is 0.900 bits per heavy atom. The van der Waals surface area contributed by atoms with Gasteiger partial charge in [0.1, 0.15) is 18.1 Å². The number of furan rings is 1. The summed E-state index contributed by atoms with van der Waals surface area (Å²) in [4.78, 5) is 28.5. The first-order valence-corrected chi connectivity index (χ1v) is 11.6. The molecule has 0 saturated carbocycles. The summed E-state index contributed by atoms with van der Waals surface area (Å²) in [6.07, 6.45) is -8.84. The topological polar surface area (TPSA) is 75.0 Å². The number of alkyl halides is 6. The number of nitrogens with one attached hydrogen (secondary N) is 1. The van der Waals surface area contributed by atoms with Crippen LogP contribution in [-0.4, -0.2) is 48.5 Å². The van der Waals surface area contributed by atoms with E-state index in [9.17, 15) is 40.3 Å². The number of ether oxygens (including phenoxy) is 1. The first-order chi connectivity index (χ1) is 18.8. The maximum absolute atomic E-state index is 13.3. The van der Waals surface area contributed by atoms with Gasteiger partial charge in [-0.1, -0.05) is 12.1 Å². The molecule has 0 unspecified atom stereocenters. The maximum atomic E-state index is 13.3. The van der Waals surface area contributed by atoms with Gasteiger partial charge in [-0.2, -0.15) is 26.3 Å². The second-order valence-corrected chi connectivity index (χ2v) is 8.59. The van der Waals surface area contributed by atoms with Gasteiger partial charge in [0.15, 0.2) is 0 Å². The molecule has 2 aromatic carbocycles. The highest BCUT2D eigenvalue weighted by atomic mass is 19.4. The number of amides is 3. The molecule has 0 aliphatic rings. The lowest BCUT2D eigenvalue weighted by atomic mass is 10.1. The van der Waals surface area contributed by atoms with Crippen molar-refractivity contribution < 1.29 is 49.5 Å². The molecule has 0 atom stereocenters. The summed E-state index contributed by atoms with van der Waals surface area (Å²) in [5.74, 6) is -0.725. The number of rotatable bonds is 10. The molecule has 0 aliphatic carbocycles. The minimum Gasteiger partial charge on any atom is -0.467 e. The van der Waals surface area contributed by atoms with Gasteiger partial charge in [-0.25, -0.2) is 9.18 Å². The average molecular weight is 575 g/mol. The van der Waals surface area contributed by atoms with Gasteiger partial charge in [-0.05, 0) is 48.0 Å². The Morgan fingerprint density at radius 3 is 2.05 bits per heavy atom. The number of nitrogens with zero attached hydrogens (tertiary/aromatic N) is 2. The summed E-state index contributed by atoms with van der Waals surface area (Å²) in [7, 11) is 1.30. The molecule has 1 N–H and O–H groups in total. The molecule has 0 fully saturated rings. The van der Waals surface area contributed by atoms with Crippen molar-refractivity contribution in [3.8, 4) is 0 Å². The molecule has 14 heteroatoms. The number of carbonyl (C=O) groups is 2. The number of benzene rings is 2. The van der Waals surface area contributed by atoms with E-state index >= 15 is 0 Å². The number of urea groups is 1. The number of carbonyl (C=O) groups excluding carboxylic acids is 2. The van der Waals surface area contributed by atoms with Gasteiger partial charge in [0, 0.05) is 25.9 Å². The number of methoxy groups -OCH3 is 1. The first kappa shape index (κ1) is 30.5. The predicted molar refractivity (Wildman–Crippen MR) is 128 cm³/mol. The zero-order valence-corrected chi connectivity index (χ0v) is 21.0. The lowest BCUT2D eigenvalue weighted by molar-refractivity contribution is -0.143. The molecule has 7 nitrogen and oxygen atoms in total. The van der Waals surface area contributed by atoms with Gasteiger partial charge in [0.05, 0.1) is 30.5 Å². The Morgan fingerprint density at radius 2 is 1.52 bits per heavy atom. The summed E-state index contributed by atoms with van der Waals surface area (Å²) < 4.78 is 103. The van der Waals surface area contributed by atoms with Crippen LogP contribution in [0.3, 0.4) is 0 Å². The zero-order chi connectivity index (χ0) is 29.5. The lowest BCUT2D eigenvalue weighted by Crippen LogP contribution is -2.45. The van der Waals surface area contributed by atoms with E-state index in [1.807, 2.05) is 5.32 Å². The highest BCUT2D eigenvalue weighted by molar-refractivity contribution is 5.92. The third kappa shape index (κ3) is 8.73. The molecule has 1 aromatic heterocycles. The van der Waals surface area contributed by atoms with Crippen LogP contribution in [0.15, 0.2) is 65.3 Å². The van der Waals surface area contributed by atoms with Gasteiger partial charge >= 0.3 is 18.4 Å². The SMILES string of the molecule is COCCN(CC(=O)N(Cc1ccc(F)cc1)Cc1ccco1)C(=O)Nc1cc(C(F)(F)F)cc(C(F)(F)F)c1. The van der Waals surface area contributed by atoms with E-state index in [0.717, 1.165) is 4.90 Å². The molecular formula is C26H24F7N3O4. The Kier molecular flexibility index (Phi) is 9.79. The molecular weight excluding hydrogens is 551 g/mol. The Hall–Kier alpha value is -4.07. The molecule has 1 heterocycles. The fraction of sp³-hybridized carbons (Fsp3) is 0.308. The van der Waals surface area contributed by atoms with E-state index in [1.165, 1.54) is 42.5 Å². The summed E-state index contributed by atoms with van der Waals surface area (Å²) in [5, 5.41) is 2.02. The monoisotopic (exact) mass is 575 g/mol. The van der Waals surface area contributed by atoms with Crippen molar-refractivity contribution in [1.82, 2.24) is 9.80 Å². The lowest BCUT2D eigenvalue weighted by Gasteiger charge is -2.27. The summed E-state index contributed by atoms with van der Waals surface area (Å²) in [6.45, 7) is -0.965. The molecule has 0 radical (unpaired) electrons. The Labute approximate surface area is 224 Å². The molecule has 0 spiro atoms. The smallest absolute Gasteiger partial charge is 0.416 e. The van der Waals surface area contributed by atoms with Crippen LogP contribution < -0.4 is 5.32 Å².